The molecule has 3 aliphatic rings. The van der Waals surface area contributed by atoms with Gasteiger partial charge in [-0.25, -0.2) is 4.79 Å². The van der Waals surface area contributed by atoms with E-state index >= 15 is 0 Å². The molecule has 1 aliphatic carbocycles. The number of piperazine rings is 1. The zero-order chi connectivity index (χ0) is 20.1. The highest BCUT2D eigenvalue weighted by atomic mass is 32.2. The minimum Gasteiger partial charge on any atom is -0.342 e. The monoisotopic (exact) mass is 416 g/mol. The summed E-state index contributed by atoms with van der Waals surface area (Å²) >= 11 is 1.90. The van der Waals surface area contributed by atoms with Gasteiger partial charge in [0.05, 0.1) is 12.2 Å². The lowest BCUT2D eigenvalue weighted by atomic mass is 10.3. The van der Waals surface area contributed by atoms with E-state index in [-0.39, 0.29) is 11.9 Å². The molecule has 0 atom stereocenters. The number of likely N-dealkylation sites (tertiary alicyclic amines) is 1. The van der Waals surface area contributed by atoms with Crippen molar-refractivity contribution in [1.82, 2.24) is 14.7 Å². The van der Waals surface area contributed by atoms with Crippen LogP contribution in [0.5, 0.6) is 0 Å². The maximum atomic E-state index is 12.8. The Bertz CT molecular complexity index is 709. The molecular formula is C22H32N4O2S. The molecule has 4 rings (SSSR count). The summed E-state index contributed by atoms with van der Waals surface area (Å²) in [6.07, 6.45) is 7.42. The highest BCUT2D eigenvalue weighted by molar-refractivity contribution is 8.00. The molecule has 1 N–H and O–H groups in total. The van der Waals surface area contributed by atoms with Gasteiger partial charge >= 0.3 is 6.03 Å². The molecule has 3 amide bonds. The zero-order valence-electron chi connectivity index (χ0n) is 17.1. The van der Waals surface area contributed by atoms with Gasteiger partial charge in [0.25, 0.3) is 0 Å². The molecule has 2 heterocycles. The summed E-state index contributed by atoms with van der Waals surface area (Å²) in [7, 11) is 0. The van der Waals surface area contributed by atoms with Gasteiger partial charge in [0.15, 0.2) is 0 Å². The number of carbonyl (C=O) groups excluding carboxylic acids is 2. The number of nitrogens with zero attached hydrogens (tertiary/aromatic N) is 3. The first-order valence-corrected chi connectivity index (χ1v) is 11.9. The molecular weight excluding hydrogens is 384 g/mol. The summed E-state index contributed by atoms with van der Waals surface area (Å²) in [5.74, 6) is 0.235. The maximum absolute atomic E-state index is 12.8. The van der Waals surface area contributed by atoms with Crippen LogP contribution < -0.4 is 5.32 Å². The second-order valence-electron chi connectivity index (χ2n) is 8.30. The van der Waals surface area contributed by atoms with Gasteiger partial charge in [-0.3, -0.25) is 9.69 Å². The van der Waals surface area contributed by atoms with E-state index in [1.807, 2.05) is 39.8 Å². The minimum atomic E-state index is -0.0324. The number of carbonyl (C=O) groups is 2. The standard InChI is InChI=1S/C22H32N4O2S/c27-21(25-11-5-6-12-25)17-24-13-15-26(16-14-24)22(28)23-19-9-3-4-10-20(19)29-18-7-1-2-8-18/h3-4,9-10,18H,1-2,5-8,11-17H2,(H,23,28). The summed E-state index contributed by atoms with van der Waals surface area (Å²) in [5.41, 5.74) is 0.918. The van der Waals surface area contributed by atoms with Crippen molar-refractivity contribution in [3.05, 3.63) is 24.3 Å². The second kappa shape index (κ2) is 9.85. The van der Waals surface area contributed by atoms with E-state index in [4.69, 9.17) is 0 Å². The quantitative estimate of drug-likeness (QED) is 0.798. The number of benzene rings is 1. The molecule has 1 aromatic carbocycles. The number of hydrogen-bond donors (Lipinski definition) is 1. The smallest absolute Gasteiger partial charge is 0.321 e. The Hall–Kier alpha value is -1.73. The SMILES string of the molecule is O=C(CN1CCN(C(=O)Nc2ccccc2SC2CCCC2)CC1)N1CCCC1. The summed E-state index contributed by atoms with van der Waals surface area (Å²) < 4.78 is 0. The highest BCUT2D eigenvalue weighted by Crippen LogP contribution is 2.38. The number of hydrogen-bond acceptors (Lipinski definition) is 4. The lowest BCUT2D eigenvalue weighted by Gasteiger charge is -2.35. The Balaban J connectivity index is 1.26. The number of urea groups is 1. The van der Waals surface area contributed by atoms with Crippen molar-refractivity contribution in [2.24, 2.45) is 0 Å². The molecule has 0 bridgehead atoms. The predicted molar refractivity (Wildman–Crippen MR) is 117 cm³/mol. The molecule has 7 heteroatoms. The average molecular weight is 417 g/mol. The summed E-state index contributed by atoms with van der Waals surface area (Å²) in [4.78, 5) is 32.3. The van der Waals surface area contributed by atoms with E-state index < -0.39 is 0 Å². The normalized spacial score (nSPS) is 21.0. The van der Waals surface area contributed by atoms with Crippen LogP contribution in [0.1, 0.15) is 38.5 Å². The van der Waals surface area contributed by atoms with Crippen LogP contribution in [0.3, 0.4) is 0 Å². The number of nitrogens with one attached hydrogen (secondary N) is 1. The minimum absolute atomic E-state index is 0.0324. The largest absolute Gasteiger partial charge is 0.342 e. The predicted octanol–water partition coefficient (Wildman–Crippen LogP) is 3.49. The zero-order valence-corrected chi connectivity index (χ0v) is 18.0. The van der Waals surface area contributed by atoms with Crippen LogP contribution in [0.2, 0.25) is 0 Å². The van der Waals surface area contributed by atoms with Gasteiger partial charge in [-0.2, -0.15) is 0 Å². The van der Waals surface area contributed by atoms with Crippen LogP contribution in [0.4, 0.5) is 10.5 Å². The molecule has 0 aromatic heterocycles. The number of amides is 3. The van der Waals surface area contributed by atoms with E-state index in [1.165, 1.54) is 30.6 Å². The van der Waals surface area contributed by atoms with Gasteiger partial charge in [-0.15, -0.1) is 11.8 Å². The Labute approximate surface area is 178 Å². The van der Waals surface area contributed by atoms with Crippen molar-refractivity contribution in [1.29, 1.82) is 0 Å². The van der Waals surface area contributed by atoms with Crippen LogP contribution in [0, 0.1) is 0 Å². The van der Waals surface area contributed by atoms with Crippen LogP contribution >= 0.6 is 11.8 Å². The Morgan fingerprint density at radius 3 is 2.31 bits per heavy atom. The Kier molecular flexibility index (Phi) is 6.98. The molecule has 1 saturated carbocycles. The van der Waals surface area contributed by atoms with Crippen molar-refractivity contribution in [3.63, 3.8) is 0 Å². The molecule has 0 radical (unpaired) electrons. The topological polar surface area (TPSA) is 55.9 Å². The maximum Gasteiger partial charge on any atom is 0.321 e. The fourth-order valence-electron chi connectivity index (χ4n) is 4.42. The first-order valence-electron chi connectivity index (χ1n) is 11.0. The average Bonchev–Trinajstić information content (AvgIpc) is 3.44. The summed E-state index contributed by atoms with van der Waals surface area (Å²) in [6, 6.07) is 8.11. The molecule has 29 heavy (non-hydrogen) atoms. The molecule has 158 valence electrons. The molecule has 6 nitrogen and oxygen atoms in total. The first-order chi connectivity index (χ1) is 14.2. The van der Waals surface area contributed by atoms with E-state index in [2.05, 4.69) is 16.3 Å². The molecule has 2 saturated heterocycles. The van der Waals surface area contributed by atoms with Crippen molar-refractivity contribution >= 4 is 29.4 Å². The summed E-state index contributed by atoms with van der Waals surface area (Å²) in [6.45, 7) is 5.13. The van der Waals surface area contributed by atoms with Gasteiger partial charge in [0, 0.05) is 49.4 Å². The molecule has 1 aromatic rings. The number of para-hydroxylation sites is 1. The van der Waals surface area contributed by atoms with Crippen molar-refractivity contribution in [3.8, 4) is 0 Å². The first kappa shape index (κ1) is 20.5. The number of thioether (sulfide) groups is 1. The van der Waals surface area contributed by atoms with E-state index in [0.29, 0.717) is 24.9 Å². The van der Waals surface area contributed by atoms with Gasteiger partial charge in [-0.1, -0.05) is 25.0 Å². The third-order valence-electron chi connectivity index (χ3n) is 6.20. The van der Waals surface area contributed by atoms with Crippen LogP contribution in [-0.2, 0) is 4.79 Å². The van der Waals surface area contributed by atoms with Crippen LogP contribution in [-0.4, -0.2) is 77.7 Å². The van der Waals surface area contributed by atoms with Gasteiger partial charge in [0.1, 0.15) is 0 Å². The molecule has 2 aliphatic heterocycles. The molecule has 0 spiro atoms. The summed E-state index contributed by atoms with van der Waals surface area (Å²) in [5, 5.41) is 3.80. The Morgan fingerprint density at radius 2 is 1.59 bits per heavy atom. The van der Waals surface area contributed by atoms with Crippen molar-refractivity contribution < 1.29 is 9.59 Å². The van der Waals surface area contributed by atoms with Gasteiger partial charge in [-0.05, 0) is 37.8 Å². The van der Waals surface area contributed by atoms with Crippen molar-refractivity contribution in [2.45, 2.75) is 48.7 Å². The van der Waals surface area contributed by atoms with Gasteiger partial charge in [0.2, 0.25) is 5.91 Å². The lowest BCUT2D eigenvalue weighted by molar-refractivity contribution is -0.131. The molecule has 3 fully saturated rings. The molecule has 0 unspecified atom stereocenters. The third kappa shape index (κ3) is 5.45. The fraction of sp³-hybridized carbons (Fsp3) is 0.636. The number of anilines is 1. The third-order valence-corrected chi connectivity index (χ3v) is 7.62. The second-order valence-corrected chi connectivity index (χ2v) is 9.64. The van der Waals surface area contributed by atoms with E-state index in [9.17, 15) is 9.59 Å². The van der Waals surface area contributed by atoms with E-state index in [1.54, 1.807) is 0 Å². The van der Waals surface area contributed by atoms with Crippen LogP contribution in [0.25, 0.3) is 0 Å². The lowest BCUT2D eigenvalue weighted by Crippen LogP contribution is -2.52. The van der Waals surface area contributed by atoms with E-state index in [0.717, 1.165) is 44.7 Å². The van der Waals surface area contributed by atoms with Crippen LogP contribution in [0.15, 0.2) is 29.2 Å². The Morgan fingerprint density at radius 1 is 0.897 bits per heavy atom. The highest BCUT2D eigenvalue weighted by Gasteiger charge is 2.26. The number of rotatable bonds is 5. The fourth-order valence-corrected chi connectivity index (χ4v) is 5.75. The van der Waals surface area contributed by atoms with Gasteiger partial charge < -0.3 is 15.1 Å². The van der Waals surface area contributed by atoms with Crippen molar-refractivity contribution in [2.75, 3.05) is 51.1 Å².